The normalized spacial score (nSPS) is 10.2. The zero-order valence-electron chi connectivity index (χ0n) is 17.9. The van der Waals surface area contributed by atoms with Crippen LogP contribution in [0, 0.1) is 0 Å². The molecule has 3 heteroatoms. The molecule has 2 aromatic heterocycles. The van der Waals surface area contributed by atoms with Crippen LogP contribution in [0.3, 0.4) is 0 Å². The molecule has 0 radical (unpaired) electrons. The van der Waals surface area contributed by atoms with Gasteiger partial charge < -0.3 is 0 Å². The van der Waals surface area contributed by atoms with Crippen molar-refractivity contribution < 1.29 is 20.1 Å². The molecule has 0 saturated heterocycles. The summed E-state index contributed by atoms with van der Waals surface area (Å²) in [5.41, 5.74) is 4.44. The molecule has 0 bridgehead atoms. The van der Waals surface area contributed by atoms with Gasteiger partial charge in [-0.25, -0.2) is 0 Å². The third-order valence-corrected chi connectivity index (χ3v) is 5.44. The van der Waals surface area contributed by atoms with Gasteiger partial charge in [0.05, 0.1) is 11.4 Å². The second kappa shape index (κ2) is 10.8. The average molecular weight is 603 g/mol. The maximum absolute atomic E-state index is 4.48. The molecule has 0 unspecified atom stereocenters. The number of benzene rings is 4. The maximum atomic E-state index is 4.48. The van der Waals surface area contributed by atoms with Crippen molar-refractivity contribution in [1.82, 2.24) is 9.97 Å². The van der Waals surface area contributed by atoms with E-state index in [2.05, 4.69) is 82.8 Å². The van der Waals surface area contributed by atoms with Crippen molar-refractivity contribution in [3.8, 4) is 22.5 Å². The van der Waals surface area contributed by atoms with E-state index in [-0.39, 0.29) is 20.1 Å². The van der Waals surface area contributed by atoms with Gasteiger partial charge in [0, 0.05) is 34.3 Å². The van der Waals surface area contributed by atoms with Crippen molar-refractivity contribution in [3.05, 3.63) is 134 Å². The first-order chi connectivity index (χ1) is 15.9. The number of nitrogens with zero attached hydrogens (tertiary/aromatic N) is 2. The van der Waals surface area contributed by atoms with Crippen LogP contribution in [-0.2, 0) is 20.1 Å². The Morgan fingerprint density at radius 1 is 0.364 bits per heavy atom. The SMILES string of the molecule is [Ir+3].c1ccc(-c2nccc3ccccc23)cc1.c1ccc(-c2nccc3ccccc23)cc1. The van der Waals surface area contributed by atoms with Crippen molar-refractivity contribution in [1.29, 1.82) is 0 Å². The minimum absolute atomic E-state index is 0. The molecule has 0 spiro atoms. The smallest absolute Gasteiger partial charge is 0.256 e. The fraction of sp³-hybridized carbons (Fsp3) is 0. The summed E-state index contributed by atoms with van der Waals surface area (Å²) in [5, 5.41) is 4.88. The van der Waals surface area contributed by atoms with E-state index in [4.69, 9.17) is 0 Å². The van der Waals surface area contributed by atoms with E-state index in [1.165, 1.54) is 32.7 Å². The summed E-state index contributed by atoms with van der Waals surface area (Å²) in [7, 11) is 0. The summed E-state index contributed by atoms with van der Waals surface area (Å²) in [4.78, 5) is 8.95. The average Bonchev–Trinajstić information content (AvgIpc) is 2.89. The largest absolute Gasteiger partial charge is 3.00 e. The van der Waals surface area contributed by atoms with Crippen LogP contribution in [0.2, 0.25) is 0 Å². The molecule has 0 aliphatic carbocycles. The summed E-state index contributed by atoms with van der Waals surface area (Å²) in [6.07, 6.45) is 3.73. The van der Waals surface area contributed by atoms with Gasteiger partial charge in [-0.1, -0.05) is 109 Å². The summed E-state index contributed by atoms with van der Waals surface area (Å²) < 4.78 is 0. The molecule has 6 rings (SSSR count). The minimum atomic E-state index is 0. The van der Waals surface area contributed by atoms with E-state index in [1.807, 2.05) is 60.9 Å². The van der Waals surface area contributed by atoms with E-state index < -0.39 is 0 Å². The van der Waals surface area contributed by atoms with E-state index >= 15 is 0 Å². The zero-order chi connectivity index (χ0) is 21.6. The molecule has 33 heavy (non-hydrogen) atoms. The third kappa shape index (κ3) is 5.06. The van der Waals surface area contributed by atoms with Gasteiger partial charge >= 0.3 is 20.1 Å². The van der Waals surface area contributed by atoms with Crippen LogP contribution in [0.4, 0.5) is 0 Å². The van der Waals surface area contributed by atoms with Crippen molar-refractivity contribution in [2.45, 2.75) is 0 Å². The molecule has 158 valence electrons. The first-order valence-corrected chi connectivity index (χ1v) is 10.7. The summed E-state index contributed by atoms with van der Waals surface area (Å²) in [6.45, 7) is 0. The van der Waals surface area contributed by atoms with Crippen molar-refractivity contribution >= 4 is 21.5 Å². The Morgan fingerprint density at radius 3 is 1.15 bits per heavy atom. The first-order valence-electron chi connectivity index (χ1n) is 10.7. The molecule has 6 aromatic rings. The van der Waals surface area contributed by atoms with Crippen LogP contribution >= 0.6 is 0 Å². The molecule has 0 atom stereocenters. The first kappa shape index (κ1) is 22.5. The Kier molecular flexibility index (Phi) is 7.36. The zero-order valence-corrected chi connectivity index (χ0v) is 20.3. The molecule has 4 aromatic carbocycles. The van der Waals surface area contributed by atoms with Crippen LogP contribution in [0.15, 0.2) is 134 Å². The molecule has 2 heterocycles. The third-order valence-electron chi connectivity index (χ3n) is 5.44. The van der Waals surface area contributed by atoms with Gasteiger partial charge in [0.25, 0.3) is 0 Å². The van der Waals surface area contributed by atoms with E-state index in [9.17, 15) is 0 Å². The Balaban J connectivity index is 0.000000152. The molecule has 0 aliphatic rings. The molecule has 0 N–H and O–H groups in total. The predicted molar refractivity (Wildman–Crippen MR) is 134 cm³/mol. The van der Waals surface area contributed by atoms with Crippen LogP contribution in [0.5, 0.6) is 0 Å². The molecular formula is C30H22IrN2+3. The van der Waals surface area contributed by atoms with Crippen LogP contribution in [0.25, 0.3) is 44.1 Å². The summed E-state index contributed by atoms with van der Waals surface area (Å²) >= 11 is 0. The van der Waals surface area contributed by atoms with Gasteiger partial charge in [-0.15, -0.1) is 0 Å². The number of pyridine rings is 2. The fourth-order valence-corrected chi connectivity index (χ4v) is 3.89. The molecule has 0 fully saturated rings. The molecule has 0 aliphatic heterocycles. The number of hydrogen-bond acceptors (Lipinski definition) is 2. The second-order valence-corrected chi connectivity index (χ2v) is 7.49. The topological polar surface area (TPSA) is 25.8 Å². The fourth-order valence-electron chi connectivity index (χ4n) is 3.89. The second-order valence-electron chi connectivity index (χ2n) is 7.49. The van der Waals surface area contributed by atoms with Crippen LogP contribution < -0.4 is 0 Å². The summed E-state index contributed by atoms with van der Waals surface area (Å²) in [6, 6.07) is 41.3. The Hall–Kier alpha value is -3.65. The van der Waals surface area contributed by atoms with Gasteiger partial charge in [0.1, 0.15) is 0 Å². The maximum Gasteiger partial charge on any atom is 3.00 e. The Labute approximate surface area is 207 Å². The number of rotatable bonds is 2. The van der Waals surface area contributed by atoms with Crippen molar-refractivity contribution in [2.75, 3.05) is 0 Å². The molecule has 0 saturated carbocycles. The van der Waals surface area contributed by atoms with Crippen LogP contribution in [-0.4, -0.2) is 9.97 Å². The van der Waals surface area contributed by atoms with Crippen molar-refractivity contribution in [3.63, 3.8) is 0 Å². The van der Waals surface area contributed by atoms with E-state index in [0.29, 0.717) is 0 Å². The number of aromatic nitrogens is 2. The van der Waals surface area contributed by atoms with Crippen LogP contribution in [0.1, 0.15) is 0 Å². The predicted octanol–water partition coefficient (Wildman–Crippen LogP) is 7.80. The standard InChI is InChI=1S/2C15H11N.Ir/c2*1-2-7-13(8-3-1)15-14-9-5-4-6-12(14)10-11-16-15;/h2*1-11H;/q;;+3. The number of hydrogen-bond donors (Lipinski definition) is 0. The van der Waals surface area contributed by atoms with Gasteiger partial charge in [-0.2, -0.15) is 0 Å². The molecule has 2 nitrogen and oxygen atoms in total. The Morgan fingerprint density at radius 2 is 0.727 bits per heavy atom. The molecule has 0 amide bonds. The Bertz CT molecular complexity index is 1340. The summed E-state index contributed by atoms with van der Waals surface area (Å²) in [5.74, 6) is 0. The van der Waals surface area contributed by atoms with Crippen molar-refractivity contribution in [2.24, 2.45) is 0 Å². The van der Waals surface area contributed by atoms with Gasteiger partial charge in [0.2, 0.25) is 0 Å². The van der Waals surface area contributed by atoms with Gasteiger partial charge in [-0.3, -0.25) is 9.97 Å². The monoisotopic (exact) mass is 603 g/mol. The number of fused-ring (bicyclic) bond motifs is 2. The van der Waals surface area contributed by atoms with E-state index in [1.54, 1.807) is 0 Å². The molecular weight excluding hydrogens is 581 g/mol. The minimum Gasteiger partial charge on any atom is -0.256 e. The van der Waals surface area contributed by atoms with Gasteiger partial charge in [0.15, 0.2) is 0 Å². The quantitative estimate of drug-likeness (QED) is 0.202. The van der Waals surface area contributed by atoms with E-state index in [0.717, 1.165) is 11.4 Å². The van der Waals surface area contributed by atoms with Gasteiger partial charge in [-0.05, 0) is 22.9 Å².